The highest BCUT2D eigenvalue weighted by Gasteiger charge is 2.24. The van der Waals surface area contributed by atoms with E-state index in [2.05, 4.69) is 10.6 Å². The molecule has 3 N–H and O–H groups in total. The summed E-state index contributed by atoms with van der Waals surface area (Å²) < 4.78 is 0. The van der Waals surface area contributed by atoms with E-state index in [1.165, 1.54) is 19.1 Å². The van der Waals surface area contributed by atoms with Crippen molar-refractivity contribution in [3.63, 3.8) is 0 Å². The molecular weight excluding hydrogens is 318 g/mol. The molecule has 9 nitrogen and oxygen atoms in total. The van der Waals surface area contributed by atoms with Gasteiger partial charge in [0.2, 0.25) is 5.91 Å². The van der Waals surface area contributed by atoms with E-state index >= 15 is 0 Å². The average molecular weight is 330 g/mol. The number of hydrogen-bond donors (Lipinski definition) is 3. The van der Waals surface area contributed by atoms with Gasteiger partial charge >= 0.3 is 5.97 Å². The van der Waals surface area contributed by atoms with Crippen molar-refractivity contribution in [1.29, 1.82) is 0 Å². The minimum Gasteiger partial charge on any atom is -0.480 e. The van der Waals surface area contributed by atoms with Crippen molar-refractivity contribution in [1.82, 2.24) is 10.6 Å². The van der Waals surface area contributed by atoms with Crippen LogP contribution >= 0.6 is 11.6 Å². The Hall–Kier alpha value is -2.68. The molecule has 2 amide bonds. The van der Waals surface area contributed by atoms with Gasteiger partial charge < -0.3 is 15.7 Å². The van der Waals surface area contributed by atoms with Gasteiger partial charge in [0.05, 0.1) is 16.5 Å². The molecule has 22 heavy (non-hydrogen) atoms. The number of carbonyl (C=O) groups is 3. The number of carboxylic acid groups (broad SMARTS) is 1. The van der Waals surface area contributed by atoms with Crippen LogP contribution in [0, 0.1) is 10.1 Å². The first-order chi connectivity index (χ1) is 10.2. The van der Waals surface area contributed by atoms with Crippen LogP contribution in [-0.2, 0) is 9.59 Å². The second-order valence-electron chi connectivity index (χ2n) is 4.20. The molecule has 0 heterocycles. The molecule has 0 aliphatic rings. The van der Waals surface area contributed by atoms with E-state index in [-0.39, 0.29) is 10.6 Å². The Bertz CT molecular complexity index is 633. The second-order valence-corrected chi connectivity index (χ2v) is 4.61. The summed E-state index contributed by atoms with van der Waals surface area (Å²) in [7, 11) is 0. The van der Waals surface area contributed by atoms with Gasteiger partial charge in [-0.05, 0) is 13.0 Å². The fourth-order valence-corrected chi connectivity index (χ4v) is 1.75. The van der Waals surface area contributed by atoms with E-state index in [1.807, 2.05) is 0 Å². The zero-order valence-electron chi connectivity index (χ0n) is 11.3. The monoisotopic (exact) mass is 329 g/mol. The first-order valence-electron chi connectivity index (χ1n) is 5.97. The zero-order valence-corrected chi connectivity index (χ0v) is 12.1. The molecule has 0 spiro atoms. The van der Waals surface area contributed by atoms with Gasteiger partial charge in [-0.3, -0.25) is 24.5 Å². The Balaban J connectivity index is 2.77. The topological polar surface area (TPSA) is 139 Å². The third-order valence-corrected chi connectivity index (χ3v) is 2.89. The van der Waals surface area contributed by atoms with Crippen molar-refractivity contribution in [2.24, 2.45) is 0 Å². The number of halogens is 1. The number of benzene rings is 1. The predicted octanol–water partition coefficient (Wildman–Crippen LogP) is 0.567. The Morgan fingerprint density at radius 1 is 1.41 bits per heavy atom. The summed E-state index contributed by atoms with van der Waals surface area (Å²) >= 11 is 5.77. The van der Waals surface area contributed by atoms with E-state index in [9.17, 15) is 24.5 Å². The first-order valence-corrected chi connectivity index (χ1v) is 6.35. The number of nitrogens with zero attached hydrogens (tertiary/aromatic N) is 1. The van der Waals surface area contributed by atoms with E-state index < -0.39 is 41.0 Å². The van der Waals surface area contributed by atoms with Crippen LogP contribution in [0.15, 0.2) is 18.2 Å². The average Bonchev–Trinajstić information content (AvgIpc) is 2.44. The van der Waals surface area contributed by atoms with Gasteiger partial charge in [-0.2, -0.15) is 0 Å². The van der Waals surface area contributed by atoms with Crippen molar-refractivity contribution >= 4 is 35.1 Å². The van der Waals surface area contributed by atoms with E-state index in [1.54, 1.807) is 0 Å². The normalized spacial score (nSPS) is 11.4. The van der Waals surface area contributed by atoms with Gasteiger partial charge in [-0.15, -0.1) is 0 Å². The Kier molecular flexibility index (Phi) is 5.81. The number of carbonyl (C=O) groups excluding carboxylic acids is 2. The molecule has 0 aliphatic carbocycles. The lowest BCUT2D eigenvalue weighted by atomic mass is 10.1. The van der Waals surface area contributed by atoms with Crippen molar-refractivity contribution in [3.8, 4) is 0 Å². The summed E-state index contributed by atoms with van der Waals surface area (Å²) in [5, 5.41) is 23.6. The van der Waals surface area contributed by atoms with Crippen LogP contribution in [0.3, 0.4) is 0 Å². The number of rotatable bonds is 6. The Morgan fingerprint density at radius 2 is 2.05 bits per heavy atom. The van der Waals surface area contributed by atoms with Crippen LogP contribution in [-0.4, -0.2) is 40.4 Å². The molecule has 1 aromatic rings. The predicted molar refractivity (Wildman–Crippen MR) is 75.7 cm³/mol. The van der Waals surface area contributed by atoms with Crippen molar-refractivity contribution in [2.75, 3.05) is 6.54 Å². The fourth-order valence-electron chi connectivity index (χ4n) is 1.49. The van der Waals surface area contributed by atoms with E-state index in [0.717, 1.165) is 6.07 Å². The van der Waals surface area contributed by atoms with Gasteiger partial charge in [0, 0.05) is 6.07 Å². The van der Waals surface area contributed by atoms with Gasteiger partial charge in [-0.25, -0.2) is 0 Å². The fraction of sp³-hybridized carbons (Fsp3) is 0.250. The smallest absolute Gasteiger partial charge is 0.325 e. The molecule has 118 valence electrons. The van der Waals surface area contributed by atoms with Gasteiger partial charge in [0.1, 0.15) is 11.6 Å². The van der Waals surface area contributed by atoms with Crippen LogP contribution in [0.5, 0.6) is 0 Å². The lowest BCUT2D eigenvalue weighted by Gasteiger charge is -2.10. The molecule has 10 heteroatoms. The molecule has 0 fully saturated rings. The third kappa shape index (κ3) is 4.42. The molecule has 0 unspecified atom stereocenters. The molecule has 1 aromatic carbocycles. The standard InChI is InChI=1S/C12H12ClN3O6/c1-6(12(19)20)15-9(17)5-14-11(18)10-7(13)3-2-4-8(10)16(21)22/h2-4,6H,5H2,1H3,(H,14,18)(H,15,17)(H,19,20)/t6-/m1/s1. The summed E-state index contributed by atoms with van der Waals surface area (Å²) in [6.45, 7) is 0.708. The van der Waals surface area contributed by atoms with Crippen LogP contribution in [0.2, 0.25) is 5.02 Å². The number of carboxylic acids is 1. The van der Waals surface area contributed by atoms with E-state index in [4.69, 9.17) is 16.7 Å². The lowest BCUT2D eigenvalue weighted by Crippen LogP contribution is -2.44. The van der Waals surface area contributed by atoms with Crippen LogP contribution in [0.4, 0.5) is 5.69 Å². The van der Waals surface area contributed by atoms with Crippen molar-refractivity contribution in [3.05, 3.63) is 38.9 Å². The largest absolute Gasteiger partial charge is 0.480 e. The number of nitro groups is 1. The maximum absolute atomic E-state index is 11.9. The second kappa shape index (κ2) is 7.36. The highest BCUT2D eigenvalue weighted by molar-refractivity contribution is 6.34. The van der Waals surface area contributed by atoms with Crippen LogP contribution in [0.25, 0.3) is 0 Å². The molecule has 1 rings (SSSR count). The Morgan fingerprint density at radius 3 is 2.59 bits per heavy atom. The summed E-state index contributed by atoms with van der Waals surface area (Å²) in [6, 6.07) is 2.60. The van der Waals surface area contributed by atoms with Gasteiger partial charge in [0.25, 0.3) is 11.6 Å². The molecule has 0 saturated carbocycles. The van der Waals surface area contributed by atoms with Crippen LogP contribution < -0.4 is 10.6 Å². The maximum Gasteiger partial charge on any atom is 0.325 e. The molecule has 0 radical (unpaired) electrons. The number of amides is 2. The molecule has 0 aromatic heterocycles. The number of nitrogens with one attached hydrogen (secondary N) is 2. The van der Waals surface area contributed by atoms with Crippen molar-refractivity contribution < 1.29 is 24.4 Å². The quantitative estimate of drug-likeness (QED) is 0.515. The van der Waals surface area contributed by atoms with E-state index in [0.29, 0.717) is 0 Å². The zero-order chi connectivity index (χ0) is 16.9. The summed E-state index contributed by atoms with van der Waals surface area (Å²) in [6.07, 6.45) is 0. The first kappa shape index (κ1) is 17.4. The van der Waals surface area contributed by atoms with Crippen LogP contribution in [0.1, 0.15) is 17.3 Å². The van der Waals surface area contributed by atoms with Gasteiger partial charge in [0.15, 0.2) is 0 Å². The summed E-state index contributed by atoms with van der Waals surface area (Å²) in [5.41, 5.74) is -0.863. The Labute approximate surface area is 129 Å². The summed E-state index contributed by atoms with van der Waals surface area (Å²) in [4.78, 5) is 44.0. The molecule has 0 aliphatic heterocycles. The highest BCUT2D eigenvalue weighted by atomic mass is 35.5. The molecular formula is C12H12ClN3O6. The SMILES string of the molecule is C[C@@H](NC(=O)CNC(=O)c1c(Cl)cccc1[N+](=O)[O-])C(=O)O. The highest BCUT2D eigenvalue weighted by Crippen LogP contribution is 2.25. The lowest BCUT2D eigenvalue weighted by molar-refractivity contribution is -0.385. The molecule has 0 bridgehead atoms. The number of aliphatic carboxylic acids is 1. The third-order valence-electron chi connectivity index (χ3n) is 2.57. The number of hydrogen-bond acceptors (Lipinski definition) is 5. The summed E-state index contributed by atoms with van der Waals surface area (Å²) in [5.74, 6) is -2.89. The molecule has 1 atom stereocenters. The maximum atomic E-state index is 11.9. The minimum absolute atomic E-state index is 0.133. The molecule has 0 saturated heterocycles. The minimum atomic E-state index is -1.23. The van der Waals surface area contributed by atoms with Gasteiger partial charge in [-0.1, -0.05) is 17.7 Å². The van der Waals surface area contributed by atoms with Crippen molar-refractivity contribution in [2.45, 2.75) is 13.0 Å². The number of nitro benzene ring substituents is 1.